The van der Waals surface area contributed by atoms with Crippen LogP contribution >= 0.6 is 11.8 Å². The number of nitrogens with zero attached hydrogens (tertiary/aromatic N) is 2. The van der Waals surface area contributed by atoms with E-state index in [1.807, 2.05) is 6.92 Å². The first kappa shape index (κ1) is 16.1. The minimum absolute atomic E-state index is 0.0220. The molecule has 1 amide bonds. The maximum atomic E-state index is 12.4. The zero-order chi connectivity index (χ0) is 15.6. The van der Waals surface area contributed by atoms with Crippen LogP contribution in [0.15, 0.2) is 0 Å². The number of hydrogen-bond acceptors (Lipinski definition) is 4. The number of amides is 1. The van der Waals surface area contributed by atoms with Crippen molar-refractivity contribution in [3.63, 3.8) is 0 Å². The zero-order valence-corrected chi connectivity index (χ0v) is 14.4. The molecule has 4 nitrogen and oxygen atoms in total. The number of rotatable bonds is 4. The maximum absolute atomic E-state index is 12.4. The number of hydrogen-bond donors (Lipinski definition) is 1. The van der Waals surface area contributed by atoms with E-state index in [2.05, 4.69) is 28.0 Å². The van der Waals surface area contributed by atoms with Gasteiger partial charge in [-0.05, 0) is 38.5 Å². The first-order chi connectivity index (χ1) is 10.6. The van der Waals surface area contributed by atoms with E-state index in [9.17, 15) is 10.1 Å². The summed E-state index contributed by atoms with van der Waals surface area (Å²) < 4.78 is 0.395. The van der Waals surface area contributed by atoms with Crippen LogP contribution in [0.5, 0.6) is 0 Å². The monoisotopic (exact) mass is 321 g/mol. The van der Waals surface area contributed by atoms with Gasteiger partial charge in [-0.25, -0.2) is 0 Å². The minimum Gasteiger partial charge on any atom is -0.337 e. The van der Waals surface area contributed by atoms with Crippen molar-refractivity contribution in [2.45, 2.75) is 62.2 Å². The molecule has 0 unspecified atom stereocenters. The van der Waals surface area contributed by atoms with Gasteiger partial charge in [0.15, 0.2) is 0 Å². The Morgan fingerprint density at radius 3 is 2.77 bits per heavy atom. The smallest absolute Gasteiger partial charge is 0.235 e. The average molecular weight is 321 g/mol. The van der Waals surface area contributed by atoms with Gasteiger partial charge >= 0.3 is 0 Å². The third-order valence-corrected chi connectivity index (χ3v) is 7.02. The van der Waals surface area contributed by atoms with E-state index >= 15 is 0 Å². The lowest BCUT2D eigenvalue weighted by Gasteiger charge is -2.44. The predicted molar refractivity (Wildman–Crippen MR) is 89.6 cm³/mol. The molecule has 0 bridgehead atoms. The van der Waals surface area contributed by atoms with Gasteiger partial charge in [0.1, 0.15) is 5.54 Å². The van der Waals surface area contributed by atoms with Crippen LogP contribution in [0.3, 0.4) is 0 Å². The Hall–Kier alpha value is -0.730. The van der Waals surface area contributed by atoms with Gasteiger partial charge in [0.05, 0.1) is 12.6 Å². The summed E-state index contributed by atoms with van der Waals surface area (Å²) in [5.74, 6) is 1.50. The first-order valence-corrected chi connectivity index (χ1v) is 9.62. The van der Waals surface area contributed by atoms with Gasteiger partial charge in [-0.2, -0.15) is 17.0 Å². The van der Waals surface area contributed by atoms with Gasteiger partial charge in [0.25, 0.3) is 0 Å². The molecule has 0 aromatic heterocycles. The highest BCUT2D eigenvalue weighted by atomic mass is 32.2. The van der Waals surface area contributed by atoms with Crippen LogP contribution < -0.4 is 5.32 Å². The summed E-state index contributed by atoms with van der Waals surface area (Å²) in [6, 6.07) is 2.31. The molecule has 3 fully saturated rings. The summed E-state index contributed by atoms with van der Waals surface area (Å²) in [6.07, 6.45) is 8.76. The highest BCUT2D eigenvalue weighted by Crippen LogP contribution is 2.43. The Morgan fingerprint density at radius 1 is 1.41 bits per heavy atom. The van der Waals surface area contributed by atoms with Crippen LogP contribution in [0.25, 0.3) is 0 Å². The number of carbonyl (C=O) groups excluding carboxylic acids is 1. The molecule has 0 radical (unpaired) electrons. The number of carbonyl (C=O) groups is 1. The Morgan fingerprint density at radius 2 is 2.14 bits per heavy atom. The second-order valence-corrected chi connectivity index (χ2v) is 9.00. The molecule has 1 saturated heterocycles. The van der Waals surface area contributed by atoms with Crippen molar-refractivity contribution in [2.75, 3.05) is 25.4 Å². The summed E-state index contributed by atoms with van der Waals surface area (Å²) in [6.45, 7) is 4.36. The molecule has 2 saturated carbocycles. The molecule has 22 heavy (non-hydrogen) atoms. The molecule has 1 spiro atoms. The minimum atomic E-state index is -0.663. The van der Waals surface area contributed by atoms with Crippen LogP contribution in [-0.2, 0) is 4.79 Å². The standard InChI is InChI=1S/C17H27N3OS/c1-16(12-18,14-5-6-14)19-15(21)11-20-9-10-22-17(13-20)7-3-2-4-8-17/h14H,2-11,13H2,1H3,(H,19,21)/t16-/m1/s1. The average Bonchev–Trinajstić information content (AvgIpc) is 3.33. The molecule has 1 atom stereocenters. The fraction of sp³-hybridized carbons (Fsp3) is 0.882. The summed E-state index contributed by atoms with van der Waals surface area (Å²) >= 11 is 2.12. The van der Waals surface area contributed by atoms with Crippen LogP contribution in [0.4, 0.5) is 0 Å². The highest BCUT2D eigenvalue weighted by Gasteiger charge is 2.43. The molecule has 0 aromatic rings. The topological polar surface area (TPSA) is 56.1 Å². The van der Waals surface area contributed by atoms with Crippen LogP contribution in [0.2, 0.25) is 0 Å². The van der Waals surface area contributed by atoms with Crippen LogP contribution in [0.1, 0.15) is 51.9 Å². The fourth-order valence-corrected chi connectivity index (χ4v) is 5.60. The molecule has 3 aliphatic rings. The Bertz CT molecular complexity index is 460. The quantitative estimate of drug-likeness (QED) is 0.864. The molecule has 2 aliphatic carbocycles. The van der Waals surface area contributed by atoms with Crippen molar-refractivity contribution in [2.24, 2.45) is 5.92 Å². The first-order valence-electron chi connectivity index (χ1n) is 8.64. The Kier molecular flexibility index (Phi) is 4.70. The van der Waals surface area contributed by atoms with E-state index in [4.69, 9.17) is 0 Å². The molecular weight excluding hydrogens is 294 g/mol. The van der Waals surface area contributed by atoms with E-state index < -0.39 is 5.54 Å². The van der Waals surface area contributed by atoms with Gasteiger partial charge in [-0.3, -0.25) is 9.69 Å². The number of nitriles is 1. The molecule has 3 rings (SSSR count). The molecule has 122 valence electrons. The normalized spacial score (nSPS) is 27.8. The van der Waals surface area contributed by atoms with E-state index in [-0.39, 0.29) is 5.91 Å². The van der Waals surface area contributed by atoms with E-state index in [0.29, 0.717) is 17.2 Å². The summed E-state index contributed by atoms with van der Waals surface area (Å²) in [7, 11) is 0. The third kappa shape index (κ3) is 3.60. The van der Waals surface area contributed by atoms with E-state index in [1.54, 1.807) is 0 Å². The summed E-state index contributed by atoms with van der Waals surface area (Å²) in [5, 5.41) is 12.4. The van der Waals surface area contributed by atoms with Crippen molar-refractivity contribution in [3.8, 4) is 6.07 Å². The van der Waals surface area contributed by atoms with Gasteiger partial charge in [0.2, 0.25) is 5.91 Å². The molecular formula is C17H27N3OS. The second kappa shape index (κ2) is 6.41. The largest absolute Gasteiger partial charge is 0.337 e. The van der Waals surface area contributed by atoms with Gasteiger partial charge < -0.3 is 5.32 Å². The fourth-order valence-electron chi connectivity index (χ4n) is 3.97. The number of thioether (sulfide) groups is 1. The molecule has 1 heterocycles. The second-order valence-electron chi connectivity index (χ2n) is 7.44. The van der Waals surface area contributed by atoms with Gasteiger partial charge in [0, 0.05) is 23.6 Å². The maximum Gasteiger partial charge on any atom is 0.235 e. The Balaban J connectivity index is 1.54. The third-order valence-electron chi connectivity index (χ3n) is 5.48. The lowest BCUT2D eigenvalue weighted by molar-refractivity contribution is -0.123. The summed E-state index contributed by atoms with van der Waals surface area (Å²) in [5.41, 5.74) is -0.663. The van der Waals surface area contributed by atoms with Crippen molar-refractivity contribution >= 4 is 17.7 Å². The molecule has 1 aliphatic heterocycles. The lowest BCUT2D eigenvalue weighted by atomic mass is 9.87. The Labute approximate surface area is 138 Å². The number of nitrogens with one attached hydrogen (secondary N) is 1. The van der Waals surface area contributed by atoms with Gasteiger partial charge in [-0.1, -0.05) is 19.3 Å². The van der Waals surface area contributed by atoms with Gasteiger partial charge in [-0.15, -0.1) is 0 Å². The van der Waals surface area contributed by atoms with Crippen molar-refractivity contribution in [1.82, 2.24) is 10.2 Å². The summed E-state index contributed by atoms with van der Waals surface area (Å²) in [4.78, 5) is 14.7. The molecule has 1 N–H and O–H groups in total. The lowest BCUT2D eigenvalue weighted by Crippen LogP contribution is -2.54. The van der Waals surface area contributed by atoms with Crippen LogP contribution in [-0.4, -0.2) is 46.5 Å². The zero-order valence-electron chi connectivity index (χ0n) is 13.6. The van der Waals surface area contributed by atoms with E-state index in [1.165, 1.54) is 32.1 Å². The SMILES string of the molecule is C[C@](C#N)(NC(=O)CN1CCSC2(CCCCC2)C1)C1CC1. The highest BCUT2D eigenvalue weighted by molar-refractivity contribution is 8.00. The van der Waals surface area contributed by atoms with Crippen molar-refractivity contribution < 1.29 is 4.79 Å². The molecule has 5 heteroatoms. The van der Waals surface area contributed by atoms with E-state index in [0.717, 1.165) is 31.7 Å². The predicted octanol–water partition coefficient (Wildman–Crippen LogP) is 2.55. The van der Waals surface area contributed by atoms with Crippen molar-refractivity contribution in [1.29, 1.82) is 5.26 Å². The van der Waals surface area contributed by atoms with Crippen LogP contribution in [0, 0.1) is 17.2 Å². The molecule has 0 aromatic carbocycles. The van der Waals surface area contributed by atoms with Crippen molar-refractivity contribution in [3.05, 3.63) is 0 Å².